The largest absolute Gasteiger partial charge is 0.340 e. The third-order valence-corrected chi connectivity index (χ3v) is 3.67. The minimum atomic E-state index is 0. The van der Waals surface area contributed by atoms with Gasteiger partial charge in [-0.3, -0.25) is 4.79 Å². The summed E-state index contributed by atoms with van der Waals surface area (Å²) in [5.74, 6) is 2.06. The maximum absolute atomic E-state index is 11.7. The second-order valence-corrected chi connectivity index (χ2v) is 4.77. The van der Waals surface area contributed by atoms with Gasteiger partial charge in [0, 0.05) is 19.1 Å². The Labute approximate surface area is 103 Å². The molecule has 0 aromatic carbocycles. The quantitative estimate of drug-likeness (QED) is 0.751. The number of carbonyl (C=O) groups is 1. The van der Waals surface area contributed by atoms with E-state index in [2.05, 4.69) is 12.2 Å². The molecule has 1 atom stereocenters. The molecule has 15 heavy (non-hydrogen) atoms. The van der Waals surface area contributed by atoms with E-state index in [0.717, 1.165) is 31.7 Å². The van der Waals surface area contributed by atoms with Crippen LogP contribution in [0.2, 0.25) is 0 Å². The zero-order valence-electron chi connectivity index (χ0n) is 9.49. The number of hydrogen-bond acceptors (Lipinski definition) is 3. The molecule has 1 rings (SSSR count). The molecule has 3 nitrogen and oxygen atoms in total. The summed E-state index contributed by atoms with van der Waals surface area (Å²) in [5, 5.41) is 3.22. The predicted molar refractivity (Wildman–Crippen MR) is 68.9 cm³/mol. The smallest absolute Gasteiger partial charge is 0.232 e. The van der Waals surface area contributed by atoms with Gasteiger partial charge in [0.2, 0.25) is 5.91 Å². The Hall–Kier alpha value is 0.0700. The van der Waals surface area contributed by atoms with Gasteiger partial charge < -0.3 is 10.2 Å². The molecule has 0 bridgehead atoms. The average molecular weight is 253 g/mol. The first-order valence-electron chi connectivity index (χ1n) is 5.30. The van der Waals surface area contributed by atoms with Gasteiger partial charge in [-0.05, 0) is 25.6 Å². The minimum absolute atomic E-state index is 0. The second-order valence-electron chi connectivity index (χ2n) is 3.67. The number of amides is 1. The third kappa shape index (κ3) is 5.09. The summed E-state index contributed by atoms with van der Waals surface area (Å²) in [6, 6.07) is 0.509. The number of nitrogens with zero attached hydrogens (tertiary/aromatic N) is 1. The first-order chi connectivity index (χ1) is 6.77. The fraction of sp³-hybridized carbons (Fsp3) is 0.900. The molecule has 90 valence electrons. The molecule has 0 saturated carbocycles. The first-order valence-corrected chi connectivity index (χ1v) is 6.46. The van der Waals surface area contributed by atoms with Crippen LogP contribution < -0.4 is 5.32 Å². The van der Waals surface area contributed by atoms with Gasteiger partial charge in [-0.15, -0.1) is 12.4 Å². The molecule has 1 amide bonds. The van der Waals surface area contributed by atoms with Gasteiger partial charge >= 0.3 is 0 Å². The Bertz CT molecular complexity index is 192. The number of carbonyl (C=O) groups excluding carboxylic acids is 1. The van der Waals surface area contributed by atoms with Crippen molar-refractivity contribution in [2.45, 2.75) is 25.8 Å². The lowest BCUT2D eigenvalue weighted by Crippen LogP contribution is -2.34. The van der Waals surface area contributed by atoms with Crippen LogP contribution in [-0.2, 0) is 4.79 Å². The van der Waals surface area contributed by atoms with Crippen LogP contribution in [0.15, 0.2) is 0 Å². The van der Waals surface area contributed by atoms with E-state index in [0.29, 0.717) is 17.7 Å². The van der Waals surface area contributed by atoms with Crippen LogP contribution >= 0.6 is 24.2 Å². The van der Waals surface area contributed by atoms with Crippen molar-refractivity contribution in [1.82, 2.24) is 10.2 Å². The number of likely N-dealkylation sites (N-methyl/N-ethyl adjacent to an activating group) is 1. The van der Waals surface area contributed by atoms with Crippen molar-refractivity contribution in [3.63, 3.8) is 0 Å². The summed E-state index contributed by atoms with van der Waals surface area (Å²) in [7, 11) is 1.96. The number of nitrogens with one attached hydrogen (secondary N) is 1. The summed E-state index contributed by atoms with van der Waals surface area (Å²) < 4.78 is 0. The van der Waals surface area contributed by atoms with Crippen LogP contribution in [0.3, 0.4) is 0 Å². The standard InChI is InChI=1S/C10H20N2OS.ClH/c1-3-6-14-8-10(13)12-5-4-9(7-12)11-2;/h9,11H,3-8H2,1-2H3;1H. The summed E-state index contributed by atoms with van der Waals surface area (Å²) in [5.41, 5.74) is 0. The number of thioether (sulfide) groups is 1. The second kappa shape index (κ2) is 8.25. The first kappa shape index (κ1) is 15.1. The van der Waals surface area contributed by atoms with E-state index in [-0.39, 0.29) is 12.4 Å². The highest BCUT2D eigenvalue weighted by atomic mass is 35.5. The van der Waals surface area contributed by atoms with E-state index in [1.165, 1.54) is 0 Å². The summed E-state index contributed by atoms with van der Waals surface area (Å²) >= 11 is 1.75. The molecule has 1 fully saturated rings. The number of likely N-dealkylation sites (tertiary alicyclic amines) is 1. The van der Waals surface area contributed by atoms with Gasteiger partial charge in [-0.25, -0.2) is 0 Å². The Kier molecular flexibility index (Phi) is 8.29. The minimum Gasteiger partial charge on any atom is -0.340 e. The monoisotopic (exact) mass is 252 g/mol. The number of rotatable bonds is 5. The van der Waals surface area contributed by atoms with E-state index in [1.54, 1.807) is 11.8 Å². The third-order valence-electron chi connectivity index (χ3n) is 2.52. The maximum Gasteiger partial charge on any atom is 0.232 e. The molecule has 5 heteroatoms. The topological polar surface area (TPSA) is 32.3 Å². The van der Waals surface area contributed by atoms with Crippen molar-refractivity contribution in [3.05, 3.63) is 0 Å². The van der Waals surface area contributed by atoms with Gasteiger partial charge in [0.25, 0.3) is 0 Å². The Morgan fingerprint density at radius 2 is 2.33 bits per heavy atom. The molecule has 0 radical (unpaired) electrons. The summed E-state index contributed by atoms with van der Waals surface area (Å²) in [6.07, 6.45) is 2.25. The SMILES string of the molecule is CCCSCC(=O)N1CCC(NC)C1.Cl. The van der Waals surface area contributed by atoms with Crippen molar-refractivity contribution in [2.75, 3.05) is 31.6 Å². The van der Waals surface area contributed by atoms with Crippen LogP contribution in [0.5, 0.6) is 0 Å². The average Bonchev–Trinajstić information content (AvgIpc) is 2.66. The lowest BCUT2D eigenvalue weighted by molar-refractivity contribution is -0.127. The Morgan fingerprint density at radius 3 is 2.87 bits per heavy atom. The van der Waals surface area contributed by atoms with Crippen molar-refractivity contribution < 1.29 is 4.79 Å². The van der Waals surface area contributed by atoms with Crippen LogP contribution in [0.25, 0.3) is 0 Å². The summed E-state index contributed by atoms with van der Waals surface area (Å²) in [6.45, 7) is 3.96. The van der Waals surface area contributed by atoms with E-state index < -0.39 is 0 Å². The van der Waals surface area contributed by atoms with Crippen LogP contribution in [0, 0.1) is 0 Å². The Balaban J connectivity index is 0.00000196. The molecule has 0 aromatic heterocycles. The van der Waals surface area contributed by atoms with Crippen LogP contribution in [0.1, 0.15) is 19.8 Å². The van der Waals surface area contributed by atoms with Crippen LogP contribution in [0.4, 0.5) is 0 Å². The molecule has 0 aromatic rings. The van der Waals surface area contributed by atoms with E-state index in [4.69, 9.17) is 0 Å². The highest BCUT2D eigenvalue weighted by Gasteiger charge is 2.24. The molecule has 1 aliphatic rings. The van der Waals surface area contributed by atoms with E-state index in [1.807, 2.05) is 11.9 Å². The van der Waals surface area contributed by atoms with Crippen molar-refractivity contribution in [2.24, 2.45) is 0 Å². The molecule has 0 spiro atoms. The molecule has 1 unspecified atom stereocenters. The fourth-order valence-electron chi connectivity index (χ4n) is 1.62. The normalized spacial score (nSPS) is 20.1. The van der Waals surface area contributed by atoms with E-state index >= 15 is 0 Å². The maximum atomic E-state index is 11.7. The molecule has 1 saturated heterocycles. The van der Waals surface area contributed by atoms with E-state index in [9.17, 15) is 4.79 Å². The number of halogens is 1. The van der Waals surface area contributed by atoms with Gasteiger partial charge in [-0.2, -0.15) is 11.8 Å². The molecule has 1 heterocycles. The number of hydrogen-bond donors (Lipinski definition) is 1. The van der Waals surface area contributed by atoms with Crippen molar-refractivity contribution in [1.29, 1.82) is 0 Å². The molecule has 1 N–H and O–H groups in total. The highest BCUT2D eigenvalue weighted by molar-refractivity contribution is 7.99. The van der Waals surface area contributed by atoms with Gasteiger partial charge in [0.1, 0.15) is 0 Å². The predicted octanol–water partition coefficient (Wildman–Crippen LogP) is 1.37. The lowest BCUT2D eigenvalue weighted by atomic mass is 10.3. The highest BCUT2D eigenvalue weighted by Crippen LogP contribution is 2.11. The lowest BCUT2D eigenvalue weighted by Gasteiger charge is -2.15. The molecule has 0 aliphatic carbocycles. The van der Waals surface area contributed by atoms with Gasteiger partial charge in [0.05, 0.1) is 5.75 Å². The van der Waals surface area contributed by atoms with Crippen molar-refractivity contribution >= 4 is 30.1 Å². The van der Waals surface area contributed by atoms with Crippen molar-refractivity contribution in [3.8, 4) is 0 Å². The van der Waals surface area contributed by atoms with Gasteiger partial charge in [0.15, 0.2) is 0 Å². The molecular formula is C10H21ClN2OS. The van der Waals surface area contributed by atoms with Crippen LogP contribution in [-0.4, -0.2) is 48.5 Å². The van der Waals surface area contributed by atoms with Gasteiger partial charge in [-0.1, -0.05) is 6.92 Å². The zero-order valence-corrected chi connectivity index (χ0v) is 11.1. The summed E-state index contributed by atoms with van der Waals surface area (Å²) in [4.78, 5) is 13.6. The molecular weight excluding hydrogens is 232 g/mol. The Morgan fingerprint density at radius 1 is 1.60 bits per heavy atom. The molecule has 1 aliphatic heterocycles. The zero-order chi connectivity index (χ0) is 10.4. The fourth-order valence-corrected chi connectivity index (χ4v) is 2.41.